The Labute approximate surface area is 358 Å². The van der Waals surface area contributed by atoms with E-state index < -0.39 is 17.9 Å². The Hall–Kier alpha value is -6.65. The van der Waals surface area contributed by atoms with Crippen LogP contribution in [0.5, 0.6) is 5.75 Å². The molecule has 1 aliphatic carbocycles. The Morgan fingerprint density at radius 1 is 0.984 bits per heavy atom. The molecule has 4 fully saturated rings. The number of piperidine rings is 1. The van der Waals surface area contributed by atoms with E-state index in [9.17, 15) is 24.0 Å². The van der Waals surface area contributed by atoms with Gasteiger partial charge in [-0.05, 0) is 73.2 Å². The van der Waals surface area contributed by atoms with Crippen LogP contribution in [0, 0.1) is 18.3 Å². The van der Waals surface area contributed by atoms with Gasteiger partial charge in [0.25, 0.3) is 23.5 Å². The van der Waals surface area contributed by atoms with Crippen molar-refractivity contribution < 1.29 is 33.2 Å². The molecule has 62 heavy (non-hydrogen) atoms. The fraction of sp³-hybridized carbons (Fsp3) is 0.444. The van der Waals surface area contributed by atoms with Crippen molar-refractivity contribution in [2.75, 3.05) is 44.2 Å². The Morgan fingerprint density at radius 2 is 1.74 bits per heavy atom. The molecule has 3 saturated heterocycles. The number of hydrogen-bond acceptors (Lipinski definition) is 12. The van der Waals surface area contributed by atoms with Gasteiger partial charge in [0.2, 0.25) is 17.7 Å². The van der Waals surface area contributed by atoms with E-state index in [1.807, 2.05) is 60.3 Å². The summed E-state index contributed by atoms with van der Waals surface area (Å²) in [6.07, 6.45) is 5.81. The van der Waals surface area contributed by atoms with Gasteiger partial charge in [0.1, 0.15) is 12.1 Å². The van der Waals surface area contributed by atoms with Crippen molar-refractivity contribution in [3.8, 4) is 17.0 Å². The van der Waals surface area contributed by atoms with Crippen molar-refractivity contribution in [3.63, 3.8) is 0 Å². The number of aryl methyl sites for hydroxylation is 1. The third-order valence-electron chi connectivity index (χ3n) is 12.5. The fourth-order valence-electron chi connectivity index (χ4n) is 9.10. The number of nitrogens with zero attached hydrogens (tertiary/aromatic N) is 8. The van der Waals surface area contributed by atoms with E-state index in [0.29, 0.717) is 81.8 Å². The first kappa shape index (κ1) is 40.7. The van der Waals surface area contributed by atoms with Gasteiger partial charge in [-0.25, -0.2) is 9.50 Å². The number of benzene rings is 2. The van der Waals surface area contributed by atoms with E-state index in [4.69, 9.17) is 9.26 Å². The van der Waals surface area contributed by atoms with Crippen LogP contribution in [-0.2, 0) is 26.3 Å². The molecular formula is C45H50N10O7. The Kier molecular flexibility index (Phi) is 10.5. The molecule has 1 atom stereocenters. The number of likely N-dealkylation sites (tertiary alicyclic amines) is 1. The fourth-order valence-corrected chi connectivity index (χ4v) is 9.10. The normalized spacial score (nSPS) is 19.0. The molecular weight excluding hydrogens is 793 g/mol. The second-order valence-electron chi connectivity index (χ2n) is 18.2. The van der Waals surface area contributed by atoms with E-state index in [-0.39, 0.29) is 40.8 Å². The van der Waals surface area contributed by atoms with E-state index in [1.165, 1.54) is 0 Å². The highest BCUT2D eigenvalue weighted by Crippen LogP contribution is 2.53. The third kappa shape index (κ3) is 8.22. The smallest absolute Gasteiger partial charge is 0.292 e. The van der Waals surface area contributed by atoms with Gasteiger partial charge in [0, 0.05) is 87.0 Å². The Bertz CT molecular complexity index is 2550. The van der Waals surface area contributed by atoms with Gasteiger partial charge in [0.15, 0.2) is 6.10 Å². The monoisotopic (exact) mass is 842 g/mol. The molecule has 2 N–H and O–H groups in total. The SMILES string of the molecule is Cc1cc(-c2ncnn3cc(N4CCN(C(=O)CC5CC6(C5)CN(C(=O)c5ccc(OC7CCC(=O)NC7=O)cc5)C6)CC4)cc23)ccc1CNC(=O)c1noc(C(C)(C)C)n1. The van der Waals surface area contributed by atoms with Crippen molar-refractivity contribution in [3.05, 3.63) is 89.5 Å². The lowest BCUT2D eigenvalue weighted by Crippen LogP contribution is -2.64. The Balaban J connectivity index is 0.728. The highest BCUT2D eigenvalue weighted by molar-refractivity contribution is 6.00. The third-order valence-corrected chi connectivity index (χ3v) is 12.5. The first-order chi connectivity index (χ1) is 29.7. The number of carbonyl (C=O) groups is 5. The zero-order chi connectivity index (χ0) is 43.3. The second kappa shape index (κ2) is 16.0. The van der Waals surface area contributed by atoms with Gasteiger partial charge in [-0.1, -0.05) is 38.1 Å². The summed E-state index contributed by atoms with van der Waals surface area (Å²) in [6, 6.07) is 14.9. The summed E-state index contributed by atoms with van der Waals surface area (Å²) < 4.78 is 12.9. The lowest BCUT2D eigenvalue weighted by molar-refractivity contribution is -0.139. The minimum absolute atomic E-state index is 0.00891. The first-order valence-electron chi connectivity index (χ1n) is 21.2. The largest absolute Gasteiger partial charge is 0.481 e. The van der Waals surface area contributed by atoms with E-state index in [1.54, 1.807) is 30.6 Å². The van der Waals surface area contributed by atoms with Crippen LogP contribution in [0.15, 0.2) is 65.6 Å². The molecule has 17 nitrogen and oxygen atoms in total. The van der Waals surface area contributed by atoms with Crippen LogP contribution < -0.4 is 20.3 Å². The summed E-state index contributed by atoms with van der Waals surface area (Å²) >= 11 is 0. The van der Waals surface area contributed by atoms with Crippen LogP contribution in [-0.4, -0.2) is 109 Å². The van der Waals surface area contributed by atoms with Crippen molar-refractivity contribution in [1.82, 2.24) is 45.2 Å². The molecule has 2 aromatic carbocycles. The number of carbonyl (C=O) groups excluding carboxylic acids is 5. The maximum absolute atomic E-state index is 13.4. The molecule has 4 aliphatic rings. The average molecular weight is 843 g/mol. The van der Waals surface area contributed by atoms with Gasteiger partial charge >= 0.3 is 0 Å². The lowest BCUT2D eigenvalue weighted by Gasteiger charge is -2.59. The number of nitrogens with one attached hydrogen (secondary N) is 2. The van der Waals surface area contributed by atoms with E-state index in [0.717, 1.165) is 46.4 Å². The molecule has 9 rings (SSSR count). The standard InChI is InChI=1S/C45H50N10O7/c1-27-17-30(5-6-31(27)22-46-41(59)39-50-43(62-51-39)44(2,3)4)38-34-19-32(23-55(34)48-26-47-38)52-13-15-53(16-14-52)37(57)18-28-20-45(21-28)24-54(25-45)42(60)29-7-9-33(10-8-29)61-35-11-12-36(56)49-40(35)58/h5-10,17,19,23,26,28,35H,11-16,18,20-22,24-25H2,1-4H3,(H,46,59)(H,49,56,58). The number of hydrogen-bond donors (Lipinski definition) is 2. The molecule has 1 unspecified atom stereocenters. The lowest BCUT2D eigenvalue weighted by atomic mass is 9.57. The highest BCUT2D eigenvalue weighted by atomic mass is 16.5. The van der Waals surface area contributed by atoms with Gasteiger partial charge in [0.05, 0.1) is 23.1 Å². The maximum Gasteiger partial charge on any atom is 0.292 e. The minimum Gasteiger partial charge on any atom is -0.481 e. The summed E-state index contributed by atoms with van der Waals surface area (Å²) in [7, 11) is 0. The number of fused-ring (bicyclic) bond motifs is 1. The maximum atomic E-state index is 13.4. The zero-order valence-electron chi connectivity index (χ0n) is 35.3. The van der Waals surface area contributed by atoms with Gasteiger partial charge in [-0.15, -0.1) is 0 Å². The number of ether oxygens (including phenoxy) is 1. The zero-order valence-corrected chi connectivity index (χ0v) is 35.3. The minimum atomic E-state index is -0.726. The van der Waals surface area contributed by atoms with E-state index >= 15 is 0 Å². The molecule has 3 aromatic heterocycles. The van der Waals surface area contributed by atoms with Crippen LogP contribution in [0.25, 0.3) is 16.8 Å². The molecule has 6 heterocycles. The molecule has 322 valence electrons. The van der Waals surface area contributed by atoms with Crippen LogP contribution in [0.2, 0.25) is 0 Å². The predicted octanol–water partition coefficient (Wildman–Crippen LogP) is 4.09. The van der Waals surface area contributed by atoms with Crippen molar-refractivity contribution in [2.45, 2.75) is 77.9 Å². The molecule has 17 heteroatoms. The van der Waals surface area contributed by atoms with Crippen molar-refractivity contribution in [2.24, 2.45) is 11.3 Å². The van der Waals surface area contributed by atoms with Crippen LogP contribution in [0.1, 0.15) is 90.9 Å². The number of amides is 5. The van der Waals surface area contributed by atoms with Crippen molar-refractivity contribution in [1.29, 1.82) is 0 Å². The second-order valence-corrected chi connectivity index (χ2v) is 18.2. The summed E-state index contributed by atoms with van der Waals surface area (Å²) in [5.74, 6) is 0.221. The first-order valence-corrected chi connectivity index (χ1v) is 21.2. The van der Waals surface area contributed by atoms with Gasteiger partial charge in [-0.2, -0.15) is 10.1 Å². The molecule has 5 amide bonds. The molecule has 3 aliphatic heterocycles. The molecule has 0 bridgehead atoms. The number of anilines is 1. The highest BCUT2D eigenvalue weighted by Gasteiger charge is 2.54. The van der Waals surface area contributed by atoms with E-state index in [2.05, 4.69) is 47.9 Å². The summed E-state index contributed by atoms with van der Waals surface area (Å²) in [5.41, 5.74) is 5.88. The average Bonchev–Trinajstić information content (AvgIpc) is 3.91. The summed E-state index contributed by atoms with van der Waals surface area (Å²) in [4.78, 5) is 77.8. The summed E-state index contributed by atoms with van der Waals surface area (Å²) in [6.45, 7) is 12.2. The van der Waals surface area contributed by atoms with Gasteiger partial charge < -0.3 is 29.3 Å². The molecule has 1 spiro atoms. The number of piperazine rings is 1. The number of imide groups is 1. The molecule has 1 saturated carbocycles. The molecule has 5 aromatic rings. The van der Waals surface area contributed by atoms with Crippen molar-refractivity contribution >= 4 is 40.7 Å². The topological polar surface area (TPSA) is 197 Å². The number of aromatic nitrogens is 5. The van der Waals surface area contributed by atoms with Gasteiger partial charge in [-0.3, -0.25) is 29.3 Å². The van der Waals surface area contributed by atoms with Crippen LogP contribution in [0.3, 0.4) is 0 Å². The summed E-state index contributed by atoms with van der Waals surface area (Å²) in [5, 5.41) is 13.5. The Morgan fingerprint density at radius 3 is 2.44 bits per heavy atom. The van der Waals surface area contributed by atoms with Crippen LogP contribution >= 0.6 is 0 Å². The number of rotatable bonds is 10. The quantitative estimate of drug-likeness (QED) is 0.192. The van der Waals surface area contributed by atoms with Crippen LogP contribution in [0.4, 0.5) is 5.69 Å². The predicted molar refractivity (Wildman–Crippen MR) is 225 cm³/mol. The molecule has 0 radical (unpaired) electrons.